The number of alkyl halides is 2. The first-order chi connectivity index (χ1) is 12.1. The molecule has 0 spiro atoms. The van der Waals surface area contributed by atoms with Gasteiger partial charge in [-0.1, -0.05) is 12.1 Å². The fourth-order valence-electron chi connectivity index (χ4n) is 3.47. The van der Waals surface area contributed by atoms with E-state index in [9.17, 15) is 9.18 Å². The molecule has 2 aliphatic heterocycles. The fourth-order valence-corrected chi connectivity index (χ4v) is 3.47. The molecule has 1 aromatic carbocycles. The van der Waals surface area contributed by atoms with E-state index in [0.717, 1.165) is 18.6 Å². The van der Waals surface area contributed by atoms with Crippen LogP contribution >= 0.6 is 0 Å². The maximum atomic E-state index is 15.4. The number of nitrogens with one attached hydrogen (secondary N) is 1. The lowest BCUT2D eigenvalue weighted by Crippen LogP contribution is -2.62. The molecule has 1 atom stereocenters. The third-order valence-electron chi connectivity index (χ3n) is 5.18. The van der Waals surface area contributed by atoms with E-state index >= 15 is 8.78 Å². The quantitative estimate of drug-likeness (QED) is 0.869. The van der Waals surface area contributed by atoms with E-state index in [-0.39, 0.29) is 5.56 Å². The van der Waals surface area contributed by atoms with Crippen LogP contribution in [0, 0.1) is 5.82 Å². The van der Waals surface area contributed by atoms with Gasteiger partial charge in [-0.3, -0.25) is 4.79 Å². The Labute approximate surface area is 150 Å². The third kappa shape index (κ3) is 2.93. The fraction of sp³-hybridized carbons (Fsp3) is 0.526. The lowest BCUT2D eigenvalue weighted by atomic mass is 9.77. The van der Waals surface area contributed by atoms with E-state index in [1.807, 2.05) is 6.08 Å². The summed E-state index contributed by atoms with van der Waals surface area (Å²) in [6.07, 6.45) is 2.46. The van der Waals surface area contributed by atoms with Gasteiger partial charge in [-0.05, 0) is 50.5 Å². The summed E-state index contributed by atoms with van der Waals surface area (Å²) in [5.74, 6) is -5.08. The zero-order chi connectivity index (χ0) is 19.2. The molecule has 0 radical (unpaired) electrons. The average molecular weight is 369 g/mol. The number of amides is 1. The van der Waals surface area contributed by atoms with Crippen LogP contribution in [0.25, 0.3) is 5.57 Å². The highest BCUT2D eigenvalue weighted by molar-refractivity contribution is 5.79. The first kappa shape index (κ1) is 18.9. The molecule has 142 valence electrons. The van der Waals surface area contributed by atoms with Crippen molar-refractivity contribution in [2.24, 2.45) is 0 Å². The summed E-state index contributed by atoms with van der Waals surface area (Å²) in [6.45, 7) is 3.98. The Balaban J connectivity index is 2.15. The van der Waals surface area contributed by atoms with Crippen molar-refractivity contribution in [3.05, 3.63) is 41.2 Å². The third-order valence-corrected chi connectivity index (χ3v) is 5.18. The predicted octanol–water partition coefficient (Wildman–Crippen LogP) is 3.40. The molecule has 7 heteroatoms. The Morgan fingerprint density at radius 1 is 1.19 bits per heavy atom. The lowest BCUT2D eigenvalue weighted by Gasteiger charge is -2.43. The smallest absolute Gasteiger partial charge is 0.302 e. The number of hydrogen-bond donors (Lipinski definition) is 1. The molecule has 0 aromatic heterocycles. The van der Waals surface area contributed by atoms with Crippen LogP contribution in [-0.2, 0) is 19.8 Å². The second kappa shape index (κ2) is 6.39. The molecule has 2 aliphatic rings. The highest BCUT2D eigenvalue weighted by Gasteiger charge is 2.64. The zero-order valence-electron chi connectivity index (χ0n) is 15.0. The number of benzene rings is 1. The van der Waals surface area contributed by atoms with E-state index < -0.39 is 35.4 Å². The second-order valence-electron chi connectivity index (χ2n) is 7.30. The van der Waals surface area contributed by atoms with Crippen LogP contribution < -0.4 is 5.32 Å². The van der Waals surface area contributed by atoms with Crippen LogP contribution in [0.2, 0.25) is 0 Å². The Kier molecular flexibility index (Phi) is 4.65. The van der Waals surface area contributed by atoms with Crippen molar-refractivity contribution in [2.75, 3.05) is 19.8 Å². The van der Waals surface area contributed by atoms with Gasteiger partial charge in [-0.25, -0.2) is 13.2 Å². The molecule has 26 heavy (non-hydrogen) atoms. The molecule has 3 rings (SSSR count). The van der Waals surface area contributed by atoms with Crippen LogP contribution in [0.3, 0.4) is 0 Å². The Morgan fingerprint density at radius 3 is 2.58 bits per heavy atom. The number of hydrogen-bond acceptors (Lipinski definition) is 3. The number of halogens is 3. The van der Waals surface area contributed by atoms with E-state index in [1.54, 1.807) is 6.07 Å². The van der Waals surface area contributed by atoms with Crippen molar-refractivity contribution >= 4 is 11.5 Å². The first-order valence-electron chi connectivity index (χ1n) is 8.48. The van der Waals surface area contributed by atoms with Gasteiger partial charge in [-0.2, -0.15) is 0 Å². The minimum atomic E-state index is -3.56. The summed E-state index contributed by atoms with van der Waals surface area (Å²) < 4.78 is 55.7. The second-order valence-corrected chi connectivity index (χ2v) is 7.30. The summed E-state index contributed by atoms with van der Waals surface area (Å²) in [6, 6.07) is 4.10. The van der Waals surface area contributed by atoms with E-state index in [2.05, 4.69) is 5.32 Å². The predicted molar refractivity (Wildman–Crippen MR) is 90.3 cm³/mol. The number of carbonyl (C=O) groups excluding carboxylic acids is 1. The van der Waals surface area contributed by atoms with Gasteiger partial charge in [0.15, 0.2) is 0 Å². The molecule has 2 heterocycles. The van der Waals surface area contributed by atoms with E-state index in [0.29, 0.717) is 25.2 Å². The molecule has 1 fully saturated rings. The molecule has 0 aliphatic carbocycles. The van der Waals surface area contributed by atoms with Gasteiger partial charge in [0.25, 0.3) is 0 Å². The molecular formula is C19H22F3NO3. The molecule has 1 unspecified atom stereocenters. The summed E-state index contributed by atoms with van der Waals surface area (Å²) in [7, 11) is 0. The van der Waals surface area contributed by atoms with Crippen LogP contribution in [-0.4, -0.2) is 37.3 Å². The van der Waals surface area contributed by atoms with Gasteiger partial charge < -0.3 is 14.8 Å². The lowest BCUT2D eigenvalue weighted by molar-refractivity contribution is -0.216. The molecule has 0 bridgehead atoms. The van der Waals surface area contributed by atoms with Gasteiger partial charge in [-0.15, -0.1) is 0 Å². The summed E-state index contributed by atoms with van der Waals surface area (Å²) in [4.78, 5) is 12.0. The van der Waals surface area contributed by atoms with Gasteiger partial charge in [0.1, 0.15) is 23.6 Å². The Morgan fingerprint density at radius 2 is 1.92 bits per heavy atom. The minimum Gasteiger partial charge on any atom is -0.377 e. The largest absolute Gasteiger partial charge is 0.377 e. The summed E-state index contributed by atoms with van der Waals surface area (Å²) >= 11 is 0. The normalized spacial score (nSPS) is 28.1. The average Bonchev–Trinajstić information content (AvgIpc) is 2.66. The zero-order valence-corrected chi connectivity index (χ0v) is 15.0. The SMILES string of the molecule is CC1(C)OCC(=O)NC(C)(c2cc(C3=CCOCC3)ccc2F)C1(F)F. The van der Waals surface area contributed by atoms with Crippen molar-refractivity contribution in [3.8, 4) is 0 Å². The maximum absolute atomic E-state index is 15.4. The highest BCUT2D eigenvalue weighted by atomic mass is 19.3. The van der Waals surface area contributed by atoms with Crippen LogP contribution in [0.15, 0.2) is 24.3 Å². The monoisotopic (exact) mass is 369 g/mol. The van der Waals surface area contributed by atoms with Gasteiger partial charge >= 0.3 is 5.92 Å². The van der Waals surface area contributed by atoms with Crippen LogP contribution in [0.1, 0.15) is 38.3 Å². The molecule has 1 aromatic rings. The van der Waals surface area contributed by atoms with Gasteiger partial charge in [0.2, 0.25) is 5.91 Å². The van der Waals surface area contributed by atoms with Crippen molar-refractivity contribution in [1.82, 2.24) is 5.32 Å². The van der Waals surface area contributed by atoms with E-state index in [4.69, 9.17) is 9.47 Å². The molecular weight excluding hydrogens is 347 g/mol. The number of ether oxygens (including phenoxy) is 2. The standard InChI is InChI=1S/C19H22F3NO3/c1-17(2)19(21,22)18(3,23-16(24)11-26-17)14-10-13(4-5-15(14)20)12-6-8-25-9-7-12/h4-6,10H,7-9,11H2,1-3H3,(H,23,24). The Hall–Kier alpha value is -1.86. The molecule has 1 N–H and O–H groups in total. The molecule has 4 nitrogen and oxygen atoms in total. The topological polar surface area (TPSA) is 47.6 Å². The number of rotatable bonds is 2. The van der Waals surface area contributed by atoms with Crippen LogP contribution in [0.5, 0.6) is 0 Å². The number of carbonyl (C=O) groups is 1. The van der Waals surface area contributed by atoms with Crippen molar-refractivity contribution in [2.45, 2.75) is 44.3 Å². The molecule has 1 saturated heterocycles. The minimum absolute atomic E-state index is 0.265. The van der Waals surface area contributed by atoms with E-state index in [1.165, 1.54) is 19.9 Å². The highest BCUT2D eigenvalue weighted by Crippen LogP contribution is 2.48. The molecule has 0 saturated carbocycles. The van der Waals surface area contributed by atoms with Crippen molar-refractivity contribution < 1.29 is 27.4 Å². The summed E-state index contributed by atoms with van der Waals surface area (Å²) in [5.41, 5.74) is -2.94. The molecule has 1 amide bonds. The maximum Gasteiger partial charge on any atom is 0.302 e. The van der Waals surface area contributed by atoms with Crippen molar-refractivity contribution in [3.63, 3.8) is 0 Å². The van der Waals surface area contributed by atoms with Crippen LogP contribution in [0.4, 0.5) is 13.2 Å². The first-order valence-corrected chi connectivity index (χ1v) is 8.48. The van der Waals surface area contributed by atoms with Gasteiger partial charge in [0.05, 0.1) is 13.2 Å². The van der Waals surface area contributed by atoms with Gasteiger partial charge in [0, 0.05) is 5.56 Å². The Bertz CT molecular complexity index is 760. The van der Waals surface area contributed by atoms with Crippen molar-refractivity contribution in [1.29, 1.82) is 0 Å². The summed E-state index contributed by atoms with van der Waals surface area (Å²) in [5, 5.41) is 2.29.